The van der Waals surface area contributed by atoms with Crippen LogP contribution in [0.15, 0.2) is 42.5 Å². The summed E-state index contributed by atoms with van der Waals surface area (Å²) >= 11 is 3.45. The molecular weight excluding hydrogens is 380 g/mol. The van der Waals surface area contributed by atoms with E-state index in [1.54, 1.807) is 6.07 Å². The SMILES string of the molecule is CC(C)Oc1cc(-c2ccc(CBr)cc2)ccc1C(=O)OC(C)(C)C. The van der Waals surface area contributed by atoms with Gasteiger partial charge in [-0.05, 0) is 63.4 Å². The summed E-state index contributed by atoms with van der Waals surface area (Å²) < 4.78 is 11.4. The van der Waals surface area contributed by atoms with Crippen LogP contribution in [0.3, 0.4) is 0 Å². The highest BCUT2D eigenvalue weighted by atomic mass is 79.9. The lowest BCUT2D eigenvalue weighted by Gasteiger charge is -2.21. The molecule has 0 saturated heterocycles. The van der Waals surface area contributed by atoms with Gasteiger partial charge in [0.25, 0.3) is 0 Å². The normalized spacial score (nSPS) is 11.5. The Kier molecular flexibility index (Phi) is 6.28. The zero-order valence-corrected chi connectivity index (χ0v) is 17.0. The van der Waals surface area contributed by atoms with Crippen LogP contribution in [0.5, 0.6) is 5.75 Å². The molecule has 0 aliphatic heterocycles. The van der Waals surface area contributed by atoms with Crippen LogP contribution in [0.4, 0.5) is 0 Å². The predicted octanol–water partition coefficient (Wildman–Crippen LogP) is 5.99. The lowest BCUT2D eigenvalue weighted by Crippen LogP contribution is -2.24. The number of hydrogen-bond donors (Lipinski definition) is 0. The number of rotatable bonds is 5. The van der Waals surface area contributed by atoms with Crippen LogP contribution < -0.4 is 4.74 Å². The highest BCUT2D eigenvalue weighted by Gasteiger charge is 2.22. The summed E-state index contributed by atoms with van der Waals surface area (Å²) in [5, 5.41) is 0.826. The van der Waals surface area contributed by atoms with Gasteiger partial charge in [0, 0.05) is 5.33 Å². The van der Waals surface area contributed by atoms with Crippen molar-refractivity contribution < 1.29 is 14.3 Å². The summed E-state index contributed by atoms with van der Waals surface area (Å²) in [5.74, 6) is 0.177. The molecule has 0 unspecified atom stereocenters. The van der Waals surface area contributed by atoms with Crippen molar-refractivity contribution in [1.29, 1.82) is 0 Å². The number of carbonyl (C=O) groups is 1. The topological polar surface area (TPSA) is 35.5 Å². The second-order valence-corrected chi connectivity index (χ2v) is 7.77. The van der Waals surface area contributed by atoms with E-state index in [1.807, 2.05) is 46.8 Å². The van der Waals surface area contributed by atoms with Crippen molar-refractivity contribution in [2.45, 2.75) is 51.7 Å². The minimum Gasteiger partial charge on any atom is -0.490 e. The van der Waals surface area contributed by atoms with Gasteiger partial charge in [-0.25, -0.2) is 4.79 Å². The Morgan fingerprint density at radius 3 is 2.16 bits per heavy atom. The first kappa shape index (κ1) is 19.5. The molecular formula is C21H25BrO3. The Bertz CT molecular complexity index is 728. The van der Waals surface area contributed by atoms with Crippen molar-refractivity contribution in [1.82, 2.24) is 0 Å². The van der Waals surface area contributed by atoms with E-state index in [-0.39, 0.29) is 12.1 Å². The summed E-state index contributed by atoms with van der Waals surface area (Å²) in [4.78, 5) is 12.5. The van der Waals surface area contributed by atoms with E-state index in [0.29, 0.717) is 11.3 Å². The first-order valence-electron chi connectivity index (χ1n) is 8.39. The highest BCUT2D eigenvalue weighted by Crippen LogP contribution is 2.30. The Hall–Kier alpha value is -1.81. The third-order valence-electron chi connectivity index (χ3n) is 3.40. The average molecular weight is 405 g/mol. The molecule has 2 aromatic carbocycles. The van der Waals surface area contributed by atoms with Crippen molar-refractivity contribution in [3.05, 3.63) is 53.6 Å². The smallest absolute Gasteiger partial charge is 0.342 e. The Morgan fingerprint density at radius 2 is 1.64 bits per heavy atom. The molecule has 0 amide bonds. The molecule has 0 N–H and O–H groups in total. The quantitative estimate of drug-likeness (QED) is 0.453. The van der Waals surface area contributed by atoms with Gasteiger partial charge >= 0.3 is 5.97 Å². The molecule has 2 rings (SSSR count). The molecule has 25 heavy (non-hydrogen) atoms. The van der Waals surface area contributed by atoms with Gasteiger partial charge in [0.05, 0.1) is 6.10 Å². The fourth-order valence-corrected chi connectivity index (χ4v) is 2.72. The van der Waals surface area contributed by atoms with E-state index < -0.39 is 5.60 Å². The van der Waals surface area contributed by atoms with Gasteiger partial charge in [-0.15, -0.1) is 0 Å². The fraction of sp³-hybridized carbons (Fsp3) is 0.381. The van der Waals surface area contributed by atoms with Crippen LogP contribution >= 0.6 is 15.9 Å². The zero-order valence-electron chi connectivity index (χ0n) is 15.4. The Balaban J connectivity index is 2.40. The monoisotopic (exact) mass is 404 g/mol. The lowest BCUT2D eigenvalue weighted by atomic mass is 10.0. The van der Waals surface area contributed by atoms with E-state index in [0.717, 1.165) is 16.5 Å². The van der Waals surface area contributed by atoms with E-state index in [9.17, 15) is 4.79 Å². The van der Waals surface area contributed by atoms with Gasteiger partial charge in [-0.3, -0.25) is 0 Å². The van der Waals surface area contributed by atoms with E-state index >= 15 is 0 Å². The molecule has 0 spiro atoms. The molecule has 134 valence electrons. The number of hydrogen-bond acceptors (Lipinski definition) is 3. The number of alkyl halides is 1. The molecule has 0 heterocycles. The van der Waals surface area contributed by atoms with Gasteiger partial charge in [-0.2, -0.15) is 0 Å². The largest absolute Gasteiger partial charge is 0.490 e. The molecule has 0 aromatic heterocycles. The summed E-state index contributed by atoms with van der Waals surface area (Å²) in [5.41, 5.74) is 3.20. The zero-order chi connectivity index (χ0) is 18.6. The maximum atomic E-state index is 12.5. The molecule has 0 bridgehead atoms. The minimum atomic E-state index is -0.545. The Labute approximate surface area is 158 Å². The van der Waals surface area contributed by atoms with Gasteiger partial charge in [0.2, 0.25) is 0 Å². The Morgan fingerprint density at radius 1 is 1.04 bits per heavy atom. The maximum absolute atomic E-state index is 12.5. The second kappa shape index (κ2) is 8.05. The fourth-order valence-electron chi connectivity index (χ4n) is 2.34. The third-order valence-corrected chi connectivity index (χ3v) is 4.05. The average Bonchev–Trinajstić information content (AvgIpc) is 2.52. The summed E-state index contributed by atoms with van der Waals surface area (Å²) in [6.07, 6.45) is -0.0350. The molecule has 0 aliphatic rings. The predicted molar refractivity (Wildman–Crippen MR) is 105 cm³/mol. The van der Waals surface area contributed by atoms with Crippen molar-refractivity contribution in [2.75, 3.05) is 0 Å². The van der Waals surface area contributed by atoms with Crippen molar-refractivity contribution in [2.24, 2.45) is 0 Å². The molecule has 0 fully saturated rings. The van der Waals surface area contributed by atoms with E-state index in [2.05, 4.69) is 40.2 Å². The standard InChI is InChI=1S/C21H25BrO3/c1-14(2)24-19-12-17(16-8-6-15(13-22)7-9-16)10-11-18(19)20(23)25-21(3,4)5/h6-12,14H,13H2,1-5H3. The number of esters is 1. The molecule has 0 atom stereocenters. The number of benzene rings is 2. The maximum Gasteiger partial charge on any atom is 0.342 e. The molecule has 4 heteroatoms. The van der Waals surface area contributed by atoms with Gasteiger partial charge in [0.15, 0.2) is 0 Å². The summed E-state index contributed by atoms with van der Waals surface area (Å²) in [6.45, 7) is 9.45. The minimum absolute atomic E-state index is 0.0350. The highest BCUT2D eigenvalue weighted by molar-refractivity contribution is 9.08. The van der Waals surface area contributed by atoms with Crippen LogP contribution in [0.1, 0.15) is 50.5 Å². The third kappa shape index (κ3) is 5.60. The summed E-state index contributed by atoms with van der Waals surface area (Å²) in [6, 6.07) is 13.9. The van der Waals surface area contributed by atoms with Crippen molar-refractivity contribution in [3.63, 3.8) is 0 Å². The number of ether oxygens (including phenoxy) is 2. The van der Waals surface area contributed by atoms with Crippen molar-refractivity contribution >= 4 is 21.9 Å². The van der Waals surface area contributed by atoms with Crippen LogP contribution in [-0.4, -0.2) is 17.7 Å². The second-order valence-electron chi connectivity index (χ2n) is 7.21. The van der Waals surface area contributed by atoms with Crippen LogP contribution in [-0.2, 0) is 10.1 Å². The molecule has 0 aliphatic carbocycles. The molecule has 2 aromatic rings. The molecule has 3 nitrogen and oxygen atoms in total. The van der Waals surface area contributed by atoms with Gasteiger partial charge < -0.3 is 9.47 Å². The van der Waals surface area contributed by atoms with Gasteiger partial charge in [-0.1, -0.05) is 46.3 Å². The van der Waals surface area contributed by atoms with Crippen LogP contribution in [0.25, 0.3) is 11.1 Å². The first-order valence-corrected chi connectivity index (χ1v) is 9.51. The van der Waals surface area contributed by atoms with E-state index in [1.165, 1.54) is 5.56 Å². The van der Waals surface area contributed by atoms with Crippen LogP contribution in [0.2, 0.25) is 0 Å². The molecule has 0 radical (unpaired) electrons. The lowest BCUT2D eigenvalue weighted by molar-refractivity contribution is 0.00649. The number of carbonyl (C=O) groups excluding carboxylic acids is 1. The van der Waals surface area contributed by atoms with E-state index in [4.69, 9.17) is 9.47 Å². The van der Waals surface area contributed by atoms with Crippen LogP contribution in [0, 0.1) is 0 Å². The summed E-state index contributed by atoms with van der Waals surface area (Å²) in [7, 11) is 0. The molecule has 0 saturated carbocycles. The van der Waals surface area contributed by atoms with Gasteiger partial charge in [0.1, 0.15) is 16.9 Å². The van der Waals surface area contributed by atoms with Crippen molar-refractivity contribution in [3.8, 4) is 16.9 Å². The number of halogens is 1. The first-order chi connectivity index (χ1) is 11.7.